The summed E-state index contributed by atoms with van der Waals surface area (Å²) in [7, 11) is 0. The predicted molar refractivity (Wildman–Crippen MR) is 128 cm³/mol. The Bertz CT molecular complexity index is 1070. The van der Waals surface area contributed by atoms with Gasteiger partial charge in [-0.2, -0.15) is 0 Å². The molecule has 2 aromatic carbocycles. The van der Waals surface area contributed by atoms with Gasteiger partial charge in [-0.05, 0) is 44.2 Å². The van der Waals surface area contributed by atoms with Crippen LogP contribution in [0.3, 0.4) is 0 Å². The molecule has 2 heterocycles. The molecule has 1 fully saturated rings. The topological polar surface area (TPSA) is 75.4 Å². The summed E-state index contributed by atoms with van der Waals surface area (Å²) < 4.78 is 5.64. The summed E-state index contributed by atoms with van der Waals surface area (Å²) in [6.07, 6.45) is 7.30. The van der Waals surface area contributed by atoms with Crippen LogP contribution in [0.2, 0.25) is 0 Å². The lowest BCUT2D eigenvalue weighted by atomic mass is 10.0. The van der Waals surface area contributed by atoms with Gasteiger partial charge in [-0.1, -0.05) is 61.4 Å². The van der Waals surface area contributed by atoms with Crippen molar-refractivity contribution in [2.24, 2.45) is 0 Å². The fourth-order valence-electron chi connectivity index (χ4n) is 4.30. The van der Waals surface area contributed by atoms with E-state index in [1.54, 1.807) is 6.07 Å². The predicted octanol–water partition coefficient (Wildman–Crippen LogP) is 5.11. The van der Waals surface area contributed by atoms with Crippen LogP contribution in [0.4, 0.5) is 0 Å². The molecule has 1 aliphatic rings. The second kappa shape index (κ2) is 10.9. The van der Waals surface area contributed by atoms with E-state index < -0.39 is 0 Å². The summed E-state index contributed by atoms with van der Waals surface area (Å²) in [5.41, 5.74) is 2.59. The Morgan fingerprint density at radius 1 is 1.00 bits per heavy atom. The Hall–Kier alpha value is -3.41. The van der Waals surface area contributed by atoms with Crippen LogP contribution in [0.25, 0.3) is 11.3 Å². The number of likely N-dealkylation sites (tertiary alicyclic amines) is 1. The molecule has 0 unspecified atom stereocenters. The molecular weight excluding hydrogens is 414 g/mol. The summed E-state index contributed by atoms with van der Waals surface area (Å²) in [6.45, 7) is 3.50. The highest BCUT2D eigenvalue weighted by atomic mass is 16.3. The van der Waals surface area contributed by atoms with E-state index >= 15 is 0 Å². The number of oxazole rings is 1. The molecule has 0 saturated carbocycles. The highest BCUT2D eigenvalue weighted by Gasteiger charge is 2.26. The minimum atomic E-state index is -0.295. The summed E-state index contributed by atoms with van der Waals surface area (Å²) in [5, 5.41) is 3.03. The summed E-state index contributed by atoms with van der Waals surface area (Å²) in [5.74, 6) is 0.0179. The normalized spacial score (nSPS) is 15.0. The first-order valence-corrected chi connectivity index (χ1v) is 11.8. The average Bonchev–Trinajstić information content (AvgIpc) is 3.18. The quantitative estimate of drug-likeness (QED) is 0.548. The third-order valence-corrected chi connectivity index (χ3v) is 6.16. The van der Waals surface area contributed by atoms with Gasteiger partial charge >= 0.3 is 0 Å². The van der Waals surface area contributed by atoms with Gasteiger partial charge in [-0.15, -0.1) is 0 Å². The fourth-order valence-corrected chi connectivity index (χ4v) is 4.30. The number of hydrogen-bond acceptors (Lipinski definition) is 4. The number of nitrogens with zero attached hydrogens (tertiary/aromatic N) is 2. The molecule has 0 radical (unpaired) electrons. The van der Waals surface area contributed by atoms with E-state index in [0.29, 0.717) is 16.9 Å². The Kier molecular flexibility index (Phi) is 7.55. The lowest BCUT2D eigenvalue weighted by Gasteiger charge is -2.21. The average molecular weight is 446 g/mol. The SMILES string of the molecule is C[C@H](CCc1ccccc1)NC(=O)c1ncoc1-c1ccccc1C(=O)N1CCCCCC1. The van der Waals surface area contributed by atoms with Gasteiger partial charge < -0.3 is 14.6 Å². The molecule has 1 N–H and O–H groups in total. The molecule has 6 heteroatoms. The van der Waals surface area contributed by atoms with E-state index in [1.807, 2.05) is 48.2 Å². The van der Waals surface area contributed by atoms with Crippen molar-refractivity contribution in [2.75, 3.05) is 13.1 Å². The van der Waals surface area contributed by atoms with Gasteiger partial charge in [0.25, 0.3) is 11.8 Å². The molecule has 6 nitrogen and oxygen atoms in total. The first-order chi connectivity index (χ1) is 16.1. The number of aryl methyl sites for hydroxylation is 1. The largest absolute Gasteiger partial charge is 0.443 e. The Balaban J connectivity index is 1.49. The second-order valence-corrected chi connectivity index (χ2v) is 8.68. The van der Waals surface area contributed by atoms with Gasteiger partial charge in [0.05, 0.1) is 5.56 Å². The number of nitrogens with one attached hydrogen (secondary N) is 1. The van der Waals surface area contributed by atoms with E-state index in [2.05, 4.69) is 22.4 Å². The van der Waals surface area contributed by atoms with Crippen molar-refractivity contribution in [3.63, 3.8) is 0 Å². The molecule has 1 atom stereocenters. The molecule has 1 aliphatic heterocycles. The number of aromatic nitrogens is 1. The van der Waals surface area contributed by atoms with Crippen LogP contribution in [-0.4, -0.2) is 40.8 Å². The van der Waals surface area contributed by atoms with Gasteiger partial charge in [-0.25, -0.2) is 4.98 Å². The number of hydrogen-bond donors (Lipinski definition) is 1. The zero-order chi connectivity index (χ0) is 23.0. The maximum absolute atomic E-state index is 13.3. The molecule has 0 spiro atoms. The third-order valence-electron chi connectivity index (χ3n) is 6.16. The zero-order valence-corrected chi connectivity index (χ0v) is 19.1. The Labute approximate surface area is 195 Å². The minimum Gasteiger partial charge on any atom is -0.443 e. The summed E-state index contributed by atoms with van der Waals surface area (Å²) >= 11 is 0. The zero-order valence-electron chi connectivity index (χ0n) is 19.1. The van der Waals surface area contributed by atoms with E-state index in [4.69, 9.17) is 4.42 Å². The van der Waals surface area contributed by atoms with Crippen molar-refractivity contribution in [3.8, 4) is 11.3 Å². The number of carbonyl (C=O) groups excluding carboxylic acids is 2. The van der Waals surface area contributed by atoms with Gasteiger partial charge in [-0.3, -0.25) is 9.59 Å². The summed E-state index contributed by atoms with van der Waals surface area (Å²) in [6, 6.07) is 17.5. The van der Waals surface area contributed by atoms with Gasteiger partial charge in [0.15, 0.2) is 17.8 Å². The third kappa shape index (κ3) is 5.69. The molecule has 0 aliphatic carbocycles. The Morgan fingerprint density at radius 2 is 1.70 bits per heavy atom. The highest BCUT2D eigenvalue weighted by molar-refractivity contribution is 6.04. The molecule has 4 rings (SSSR count). The highest BCUT2D eigenvalue weighted by Crippen LogP contribution is 2.28. The van der Waals surface area contributed by atoms with Crippen LogP contribution in [0.1, 0.15) is 65.4 Å². The van der Waals surface area contributed by atoms with Crippen LogP contribution < -0.4 is 5.32 Å². The van der Waals surface area contributed by atoms with Gasteiger partial charge in [0.1, 0.15) is 0 Å². The van der Waals surface area contributed by atoms with E-state index in [9.17, 15) is 9.59 Å². The van der Waals surface area contributed by atoms with Crippen molar-refractivity contribution in [1.29, 1.82) is 0 Å². The molecule has 1 aromatic heterocycles. The molecule has 2 amide bonds. The van der Waals surface area contributed by atoms with Crippen LogP contribution in [0, 0.1) is 0 Å². The van der Waals surface area contributed by atoms with Crippen molar-refractivity contribution >= 4 is 11.8 Å². The van der Waals surface area contributed by atoms with E-state index in [-0.39, 0.29) is 23.6 Å². The standard InChI is InChI=1S/C27H31N3O3/c1-20(15-16-21-11-5-4-6-12-21)29-26(31)24-25(33-19-28-24)22-13-7-8-14-23(22)27(32)30-17-9-2-3-10-18-30/h4-8,11-14,19-20H,2-3,9-10,15-18H2,1H3,(H,29,31)/t20-/m1/s1. The molecule has 0 bridgehead atoms. The smallest absolute Gasteiger partial charge is 0.274 e. The number of carbonyl (C=O) groups is 2. The van der Waals surface area contributed by atoms with Crippen LogP contribution in [-0.2, 0) is 6.42 Å². The molecular formula is C27H31N3O3. The minimum absolute atomic E-state index is 0.0218. The van der Waals surface area contributed by atoms with Crippen LogP contribution in [0.15, 0.2) is 65.4 Å². The van der Waals surface area contributed by atoms with Crippen molar-refractivity contribution in [2.45, 2.75) is 51.5 Å². The molecule has 3 aromatic rings. The van der Waals surface area contributed by atoms with Crippen molar-refractivity contribution in [3.05, 3.63) is 77.8 Å². The molecule has 172 valence electrons. The summed E-state index contributed by atoms with van der Waals surface area (Å²) in [4.78, 5) is 32.4. The van der Waals surface area contributed by atoms with Gasteiger partial charge in [0.2, 0.25) is 0 Å². The van der Waals surface area contributed by atoms with E-state index in [0.717, 1.165) is 51.6 Å². The first-order valence-electron chi connectivity index (χ1n) is 11.8. The van der Waals surface area contributed by atoms with Crippen LogP contribution >= 0.6 is 0 Å². The Morgan fingerprint density at radius 3 is 2.45 bits per heavy atom. The second-order valence-electron chi connectivity index (χ2n) is 8.68. The van der Waals surface area contributed by atoms with Gasteiger partial charge in [0, 0.05) is 24.7 Å². The maximum Gasteiger partial charge on any atom is 0.274 e. The fraction of sp³-hybridized carbons (Fsp3) is 0.370. The van der Waals surface area contributed by atoms with Crippen LogP contribution in [0.5, 0.6) is 0 Å². The van der Waals surface area contributed by atoms with E-state index in [1.165, 1.54) is 12.0 Å². The molecule has 1 saturated heterocycles. The lowest BCUT2D eigenvalue weighted by molar-refractivity contribution is 0.0761. The first kappa shape index (κ1) is 22.8. The number of rotatable bonds is 7. The number of amides is 2. The van der Waals surface area contributed by atoms with Crippen molar-refractivity contribution in [1.82, 2.24) is 15.2 Å². The monoisotopic (exact) mass is 445 g/mol. The van der Waals surface area contributed by atoms with Crippen molar-refractivity contribution < 1.29 is 14.0 Å². The number of benzene rings is 2. The lowest BCUT2D eigenvalue weighted by Crippen LogP contribution is -2.34. The maximum atomic E-state index is 13.3. The molecule has 33 heavy (non-hydrogen) atoms.